The van der Waals surface area contributed by atoms with Crippen LogP contribution in [0, 0.1) is 6.92 Å². The smallest absolute Gasteiger partial charge is 0.335 e. The Morgan fingerprint density at radius 3 is 2.83 bits per heavy atom. The molecule has 0 atom stereocenters. The van der Waals surface area contributed by atoms with E-state index in [2.05, 4.69) is 15.5 Å². The summed E-state index contributed by atoms with van der Waals surface area (Å²) in [4.78, 5) is 10.8. The Balaban J connectivity index is 2.08. The second-order valence-electron chi connectivity index (χ2n) is 3.90. The number of carbonyl (C=O) groups is 1. The van der Waals surface area contributed by atoms with Crippen LogP contribution < -0.4 is 5.32 Å². The number of carboxylic acids is 1. The van der Waals surface area contributed by atoms with Crippen molar-refractivity contribution in [2.45, 2.75) is 13.5 Å². The molecule has 2 rings (SSSR count). The Morgan fingerprint density at radius 1 is 1.39 bits per heavy atom. The van der Waals surface area contributed by atoms with E-state index in [0.29, 0.717) is 6.54 Å². The van der Waals surface area contributed by atoms with Gasteiger partial charge in [0, 0.05) is 11.9 Å². The lowest BCUT2D eigenvalue weighted by Crippen LogP contribution is -2.04. The highest BCUT2D eigenvalue weighted by Crippen LogP contribution is 2.17. The molecule has 1 heterocycles. The predicted octanol–water partition coefficient (Wildman–Crippen LogP) is 2.10. The van der Waals surface area contributed by atoms with Gasteiger partial charge in [0.1, 0.15) is 0 Å². The summed E-state index contributed by atoms with van der Waals surface area (Å²) in [6.45, 7) is 2.42. The summed E-state index contributed by atoms with van der Waals surface area (Å²) in [7, 11) is 0. The van der Waals surface area contributed by atoms with Crippen LogP contribution in [0.3, 0.4) is 0 Å². The Kier molecular flexibility index (Phi) is 3.52. The zero-order chi connectivity index (χ0) is 13.0. The molecule has 0 spiro atoms. The van der Waals surface area contributed by atoms with Crippen molar-refractivity contribution in [3.63, 3.8) is 0 Å². The minimum Gasteiger partial charge on any atom is -0.478 e. The molecule has 0 aliphatic carbocycles. The van der Waals surface area contributed by atoms with Gasteiger partial charge in [0.25, 0.3) is 0 Å². The monoisotopic (exact) mass is 243 g/mol. The third-order valence-corrected chi connectivity index (χ3v) is 2.56. The number of carboxylic acid groups (broad SMARTS) is 1. The molecule has 92 valence electrons. The van der Waals surface area contributed by atoms with Crippen LogP contribution in [0.4, 0.5) is 5.69 Å². The fraction of sp³-hybridized carbons (Fsp3) is 0.154. The van der Waals surface area contributed by atoms with E-state index in [4.69, 9.17) is 5.11 Å². The van der Waals surface area contributed by atoms with Crippen molar-refractivity contribution in [1.82, 2.24) is 10.2 Å². The molecule has 0 unspecified atom stereocenters. The van der Waals surface area contributed by atoms with Crippen LogP contribution in [0.1, 0.15) is 21.6 Å². The molecule has 0 bridgehead atoms. The van der Waals surface area contributed by atoms with Crippen LogP contribution in [0.25, 0.3) is 0 Å². The maximum Gasteiger partial charge on any atom is 0.335 e. The first-order valence-electron chi connectivity index (χ1n) is 5.51. The summed E-state index contributed by atoms with van der Waals surface area (Å²) in [5.41, 5.74) is 2.90. The number of aromatic carboxylic acids is 1. The standard InChI is InChI=1S/C13H13N3O2/c1-9-7-10(13(17)18)4-5-12(9)14-8-11-3-2-6-15-16-11/h2-7,14H,8H2,1H3,(H,17,18). The Labute approximate surface area is 104 Å². The number of hydrogen-bond acceptors (Lipinski definition) is 4. The number of nitrogens with one attached hydrogen (secondary N) is 1. The summed E-state index contributed by atoms with van der Waals surface area (Å²) >= 11 is 0. The molecule has 1 aromatic heterocycles. The van der Waals surface area contributed by atoms with Crippen molar-refractivity contribution in [3.05, 3.63) is 53.3 Å². The first kappa shape index (κ1) is 12.0. The number of nitrogens with zero attached hydrogens (tertiary/aromatic N) is 2. The number of rotatable bonds is 4. The second-order valence-corrected chi connectivity index (χ2v) is 3.90. The lowest BCUT2D eigenvalue weighted by molar-refractivity contribution is 0.0697. The first-order valence-corrected chi connectivity index (χ1v) is 5.51. The van der Waals surface area contributed by atoms with E-state index < -0.39 is 5.97 Å². The van der Waals surface area contributed by atoms with Crippen LogP contribution in [-0.4, -0.2) is 21.3 Å². The van der Waals surface area contributed by atoms with Gasteiger partial charge in [-0.15, -0.1) is 0 Å². The molecule has 5 heteroatoms. The lowest BCUT2D eigenvalue weighted by Gasteiger charge is -2.09. The molecule has 0 radical (unpaired) electrons. The zero-order valence-corrected chi connectivity index (χ0v) is 9.92. The maximum absolute atomic E-state index is 10.8. The van der Waals surface area contributed by atoms with E-state index in [0.717, 1.165) is 16.9 Å². The lowest BCUT2D eigenvalue weighted by atomic mass is 10.1. The van der Waals surface area contributed by atoms with Gasteiger partial charge in [-0.1, -0.05) is 0 Å². The molecule has 2 aromatic rings. The van der Waals surface area contributed by atoms with Crippen molar-refractivity contribution in [2.75, 3.05) is 5.32 Å². The normalized spacial score (nSPS) is 10.1. The van der Waals surface area contributed by atoms with Gasteiger partial charge in [0.05, 0.1) is 17.8 Å². The third kappa shape index (κ3) is 2.82. The van der Waals surface area contributed by atoms with E-state index >= 15 is 0 Å². The van der Waals surface area contributed by atoms with E-state index in [9.17, 15) is 4.79 Å². The highest BCUT2D eigenvalue weighted by molar-refractivity contribution is 5.88. The summed E-state index contributed by atoms with van der Waals surface area (Å²) < 4.78 is 0. The number of aromatic nitrogens is 2. The summed E-state index contributed by atoms with van der Waals surface area (Å²) in [5, 5.41) is 19.8. The van der Waals surface area contributed by atoms with Gasteiger partial charge in [-0.05, 0) is 42.8 Å². The van der Waals surface area contributed by atoms with Crippen LogP contribution in [0.5, 0.6) is 0 Å². The molecular formula is C13H13N3O2. The highest BCUT2D eigenvalue weighted by Gasteiger charge is 2.05. The van der Waals surface area contributed by atoms with Crippen LogP contribution in [-0.2, 0) is 6.54 Å². The summed E-state index contributed by atoms with van der Waals surface area (Å²) in [6.07, 6.45) is 1.62. The van der Waals surface area contributed by atoms with Crippen molar-refractivity contribution >= 4 is 11.7 Å². The minimum atomic E-state index is -0.918. The molecule has 5 nitrogen and oxygen atoms in total. The first-order chi connectivity index (χ1) is 8.66. The highest BCUT2D eigenvalue weighted by atomic mass is 16.4. The molecule has 0 amide bonds. The van der Waals surface area contributed by atoms with Crippen LogP contribution >= 0.6 is 0 Å². The molecule has 0 aliphatic heterocycles. The van der Waals surface area contributed by atoms with Crippen molar-refractivity contribution < 1.29 is 9.90 Å². The van der Waals surface area contributed by atoms with Crippen molar-refractivity contribution in [2.24, 2.45) is 0 Å². The average molecular weight is 243 g/mol. The van der Waals surface area contributed by atoms with Crippen molar-refractivity contribution in [1.29, 1.82) is 0 Å². The summed E-state index contributed by atoms with van der Waals surface area (Å²) in [5.74, 6) is -0.918. The van der Waals surface area contributed by atoms with E-state index in [1.807, 2.05) is 19.1 Å². The topological polar surface area (TPSA) is 75.1 Å². The Morgan fingerprint density at radius 2 is 2.22 bits per heavy atom. The Bertz CT molecular complexity index is 555. The zero-order valence-electron chi connectivity index (χ0n) is 9.92. The molecule has 18 heavy (non-hydrogen) atoms. The predicted molar refractivity (Wildman–Crippen MR) is 67.5 cm³/mol. The fourth-order valence-corrected chi connectivity index (χ4v) is 1.61. The van der Waals surface area contributed by atoms with Crippen LogP contribution in [0.2, 0.25) is 0 Å². The number of anilines is 1. The Hall–Kier alpha value is -2.43. The molecule has 0 saturated heterocycles. The fourth-order valence-electron chi connectivity index (χ4n) is 1.61. The largest absolute Gasteiger partial charge is 0.478 e. The van der Waals surface area contributed by atoms with Gasteiger partial charge >= 0.3 is 5.97 Å². The van der Waals surface area contributed by atoms with E-state index in [1.165, 1.54) is 0 Å². The van der Waals surface area contributed by atoms with Crippen molar-refractivity contribution in [3.8, 4) is 0 Å². The molecule has 0 aliphatic rings. The van der Waals surface area contributed by atoms with Gasteiger partial charge in [0.15, 0.2) is 0 Å². The van der Waals surface area contributed by atoms with Gasteiger partial charge in [-0.2, -0.15) is 10.2 Å². The minimum absolute atomic E-state index is 0.289. The number of hydrogen-bond donors (Lipinski definition) is 2. The SMILES string of the molecule is Cc1cc(C(=O)O)ccc1NCc1cccnn1. The molecule has 1 aromatic carbocycles. The molecule has 0 fully saturated rings. The van der Waals surface area contributed by atoms with Gasteiger partial charge in [-0.3, -0.25) is 0 Å². The van der Waals surface area contributed by atoms with Crippen LogP contribution in [0.15, 0.2) is 36.5 Å². The van der Waals surface area contributed by atoms with Gasteiger partial charge < -0.3 is 10.4 Å². The molecule has 2 N–H and O–H groups in total. The van der Waals surface area contributed by atoms with Gasteiger partial charge in [0.2, 0.25) is 0 Å². The second kappa shape index (κ2) is 5.27. The molecule has 0 saturated carbocycles. The van der Waals surface area contributed by atoms with Gasteiger partial charge in [-0.25, -0.2) is 4.79 Å². The number of aryl methyl sites for hydroxylation is 1. The number of benzene rings is 1. The quantitative estimate of drug-likeness (QED) is 0.860. The maximum atomic E-state index is 10.8. The summed E-state index contributed by atoms with van der Waals surface area (Å²) in [6, 6.07) is 8.68. The molecular weight excluding hydrogens is 230 g/mol. The third-order valence-electron chi connectivity index (χ3n) is 2.56. The van der Waals surface area contributed by atoms with E-state index in [-0.39, 0.29) is 5.56 Å². The van der Waals surface area contributed by atoms with E-state index in [1.54, 1.807) is 24.4 Å². The average Bonchev–Trinajstić information content (AvgIpc) is 2.38.